The van der Waals surface area contributed by atoms with Crippen molar-refractivity contribution >= 4 is 17.5 Å². The molecule has 4 nitrogen and oxygen atoms in total. The Kier molecular flexibility index (Phi) is 6.23. The third-order valence-corrected chi connectivity index (χ3v) is 3.49. The van der Waals surface area contributed by atoms with Crippen molar-refractivity contribution in [2.45, 2.75) is 38.8 Å². The maximum Gasteiger partial charge on any atom is 0.412 e. The van der Waals surface area contributed by atoms with Crippen LogP contribution in [0, 0.1) is 0 Å². The number of carbonyl (C=O) groups excluding carboxylic acids is 1. The maximum absolute atomic E-state index is 12.0. The molecule has 0 fully saturated rings. The fourth-order valence-electron chi connectivity index (χ4n) is 2.39. The molecular formula is C21H26N2O2. The second-order valence-electron chi connectivity index (χ2n) is 6.85. The lowest BCUT2D eigenvalue weighted by molar-refractivity contribution is 0.0636. The average Bonchev–Trinajstić information content (AvgIpc) is 2.55. The van der Waals surface area contributed by atoms with Crippen molar-refractivity contribution in [1.82, 2.24) is 0 Å². The van der Waals surface area contributed by atoms with Crippen molar-refractivity contribution < 1.29 is 9.53 Å². The monoisotopic (exact) mass is 338 g/mol. The number of carbonyl (C=O) groups is 1. The Hall–Kier alpha value is -2.75. The molecule has 25 heavy (non-hydrogen) atoms. The van der Waals surface area contributed by atoms with E-state index in [0.717, 1.165) is 12.1 Å². The van der Waals surface area contributed by atoms with Gasteiger partial charge < -0.3 is 10.1 Å². The van der Waals surface area contributed by atoms with Crippen LogP contribution in [-0.2, 0) is 11.2 Å². The van der Waals surface area contributed by atoms with E-state index in [1.165, 1.54) is 5.56 Å². The lowest BCUT2D eigenvalue weighted by Gasteiger charge is -2.22. The van der Waals surface area contributed by atoms with E-state index >= 15 is 0 Å². The summed E-state index contributed by atoms with van der Waals surface area (Å²) in [5, 5.41) is 6.23. The van der Waals surface area contributed by atoms with Crippen LogP contribution in [0.4, 0.5) is 16.2 Å². The van der Waals surface area contributed by atoms with E-state index in [4.69, 9.17) is 4.74 Å². The van der Waals surface area contributed by atoms with E-state index in [-0.39, 0.29) is 6.04 Å². The maximum atomic E-state index is 12.0. The summed E-state index contributed by atoms with van der Waals surface area (Å²) >= 11 is 0. The molecule has 132 valence electrons. The van der Waals surface area contributed by atoms with Crippen molar-refractivity contribution in [2.75, 3.05) is 10.6 Å². The molecule has 0 saturated heterocycles. The molecule has 0 heterocycles. The van der Waals surface area contributed by atoms with Gasteiger partial charge in [-0.2, -0.15) is 0 Å². The first kappa shape index (κ1) is 18.6. The van der Waals surface area contributed by atoms with Crippen molar-refractivity contribution in [2.24, 2.45) is 0 Å². The second-order valence-corrected chi connectivity index (χ2v) is 6.85. The Labute approximate surface area is 149 Å². The smallest absolute Gasteiger partial charge is 0.412 e. The van der Waals surface area contributed by atoms with Crippen molar-refractivity contribution in [3.63, 3.8) is 0 Å². The first-order valence-electron chi connectivity index (χ1n) is 8.39. The largest absolute Gasteiger partial charge is 0.444 e. The van der Waals surface area contributed by atoms with E-state index < -0.39 is 11.7 Å². The molecule has 1 amide bonds. The van der Waals surface area contributed by atoms with Crippen LogP contribution in [0.2, 0.25) is 0 Å². The summed E-state index contributed by atoms with van der Waals surface area (Å²) in [6.45, 7) is 9.43. The van der Waals surface area contributed by atoms with Crippen LogP contribution in [0.15, 0.2) is 67.3 Å². The van der Waals surface area contributed by atoms with Gasteiger partial charge in [0.25, 0.3) is 0 Å². The van der Waals surface area contributed by atoms with E-state index in [1.807, 2.05) is 69.3 Å². The molecule has 0 aliphatic rings. The Bertz CT molecular complexity index is 705. The van der Waals surface area contributed by atoms with E-state index in [1.54, 1.807) is 0 Å². The summed E-state index contributed by atoms with van der Waals surface area (Å²) in [6, 6.07) is 17.8. The number of para-hydroxylation sites is 2. The minimum absolute atomic E-state index is 0.0454. The summed E-state index contributed by atoms with van der Waals surface area (Å²) < 4.78 is 5.33. The summed E-state index contributed by atoms with van der Waals surface area (Å²) in [7, 11) is 0. The first-order chi connectivity index (χ1) is 11.9. The standard InChI is InChI=1S/C21H26N2O2/c1-5-17(15-16-11-7-6-8-12-16)22-18-13-9-10-14-19(18)23-20(24)25-21(2,3)4/h5-14,17,22H,1,15H2,2-4H3,(H,23,24)/t17-/m1/s1. The summed E-state index contributed by atoms with van der Waals surface area (Å²) in [4.78, 5) is 12.0. The minimum atomic E-state index is -0.538. The molecule has 0 radical (unpaired) electrons. The fourth-order valence-corrected chi connectivity index (χ4v) is 2.39. The minimum Gasteiger partial charge on any atom is -0.444 e. The summed E-state index contributed by atoms with van der Waals surface area (Å²) in [5.74, 6) is 0. The van der Waals surface area contributed by atoms with Gasteiger partial charge in [0.05, 0.1) is 11.4 Å². The second kappa shape index (κ2) is 8.38. The molecule has 2 aromatic carbocycles. The van der Waals surface area contributed by atoms with Gasteiger partial charge >= 0.3 is 6.09 Å². The van der Waals surface area contributed by atoms with Crippen LogP contribution in [0.3, 0.4) is 0 Å². The molecule has 0 aliphatic carbocycles. The molecule has 0 spiro atoms. The molecule has 4 heteroatoms. The number of rotatable bonds is 6. The molecule has 2 aromatic rings. The Morgan fingerprint density at radius 1 is 1.08 bits per heavy atom. The summed E-state index contributed by atoms with van der Waals surface area (Å²) in [5.41, 5.74) is 2.19. The zero-order chi connectivity index (χ0) is 18.3. The molecule has 1 atom stereocenters. The number of hydrogen-bond acceptors (Lipinski definition) is 3. The molecular weight excluding hydrogens is 312 g/mol. The number of benzene rings is 2. The van der Waals surface area contributed by atoms with Crippen LogP contribution in [-0.4, -0.2) is 17.7 Å². The highest BCUT2D eigenvalue weighted by Gasteiger charge is 2.17. The van der Waals surface area contributed by atoms with Gasteiger partial charge in [0.2, 0.25) is 0 Å². The van der Waals surface area contributed by atoms with Crippen LogP contribution >= 0.6 is 0 Å². The van der Waals surface area contributed by atoms with Gasteiger partial charge in [-0.05, 0) is 44.9 Å². The normalized spacial score (nSPS) is 12.1. The average molecular weight is 338 g/mol. The third-order valence-electron chi connectivity index (χ3n) is 3.49. The number of ether oxygens (including phenoxy) is 1. The van der Waals surface area contributed by atoms with Gasteiger partial charge in [-0.15, -0.1) is 6.58 Å². The third kappa shape index (κ3) is 6.34. The van der Waals surface area contributed by atoms with Crippen molar-refractivity contribution in [3.05, 3.63) is 72.8 Å². The van der Waals surface area contributed by atoms with Gasteiger partial charge in [-0.25, -0.2) is 4.79 Å². The van der Waals surface area contributed by atoms with Gasteiger partial charge in [-0.1, -0.05) is 48.5 Å². The van der Waals surface area contributed by atoms with Gasteiger partial charge in [0.15, 0.2) is 0 Å². The van der Waals surface area contributed by atoms with Crippen molar-refractivity contribution in [3.8, 4) is 0 Å². The molecule has 0 saturated carbocycles. The molecule has 2 N–H and O–H groups in total. The lowest BCUT2D eigenvalue weighted by Crippen LogP contribution is -2.28. The quantitative estimate of drug-likeness (QED) is 0.708. The van der Waals surface area contributed by atoms with Gasteiger partial charge in [-0.3, -0.25) is 5.32 Å². The SMILES string of the molecule is C=C[C@H](Cc1ccccc1)Nc1ccccc1NC(=O)OC(C)(C)C. The van der Waals surface area contributed by atoms with Crippen LogP contribution in [0.25, 0.3) is 0 Å². The van der Waals surface area contributed by atoms with Crippen molar-refractivity contribution in [1.29, 1.82) is 0 Å². The van der Waals surface area contributed by atoms with Crippen LogP contribution < -0.4 is 10.6 Å². The molecule has 0 aromatic heterocycles. The highest BCUT2D eigenvalue weighted by molar-refractivity contribution is 5.89. The van der Waals surface area contributed by atoms with Gasteiger partial charge in [0.1, 0.15) is 5.60 Å². The molecule has 0 unspecified atom stereocenters. The van der Waals surface area contributed by atoms with Crippen LogP contribution in [0.1, 0.15) is 26.3 Å². The lowest BCUT2D eigenvalue weighted by atomic mass is 10.1. The van der Waals surface area contributed by atoms with E-state index in [0.29, 0.717) is 5.69 Å². The predicted molar refractivity (Wildman–Crippen MR) is 104 cm³/mol. The zero-order valence-electron chi connectivity index (χ0n) is 15.1. The number of anilines is 2. The molecule has 0 aliphatic heterocycles. The predicted octanol–water partition coefficient (Wildman–Crippen LogP) is 5.24. The van der Waals surface area contributed by atoms with Crippen LogP contribution in [0.5, 0.6) is 0 Å². The topological polar surface area (TPSA) is 50.4 Å². The first-order valence-corrected chi connectivity index (χ1v) is 8.39. The number of amides is 1. The molecule has 0 bridgehead atoms. The zero-order valence-corrected chi connectivity index (χ0v) is 15.1. The Morgan fingerprint density at radius 2 is 1.68 bits per heavy atom. The summed E-state index contributed by atoms with van der Waals surface area (Å²) in [6.07, 6.45) is 2.21. The highest BCUT2D eigenvalue weighted by atomic mass is 16.6. The Morgan fingerprint density at radius 3 is 2.28 bits per heavy atom. The number of nitrogens with one attached hydrogen (secondary N) is 2. The van der Waals surface area contributed by atoms with E-state index in [2.05, 4.69) is 29.3 Å². The van der Waals surface area contributed by atoms with E-state index in [9.17, 15) is 4.79 Å². The Balaban J connectivity index is 2.08. The fraction of sp³-hybridized carbons (Fsp3) is 0.286. The number of hydrogen-bond donors (Lipinski definition) is 2. The van der Waals surface area contributed by atoms with Gasteiger partial charge in [0, 0.05) is 6.04 Å². The molecule has 2 rings (SSSR count). The highest BCUT2D eigenvalue weighted by Crippen LogP contribution is 2.23.